The topological polar surface area (TPSA) is 55.1 Å². The van der Waals surface area contributed by atoms with Crippen LogP contribution in [0.3, 0.4) is 0 Å². The van der Waals surface area contributed by atoms with Crippen molar-refractivity contribution in [1.82, 2.24) is 9.55 Å². The molecule has 0 fully saturated rings. The predicted octanol–water partition coefficient (Wildman–Crippen LogP) is 7.18. The van der Waals surface area contributed by atoms with Crippen LogP contribution in [0.1, 0.15) is 25.7 Å². The van der Waals surface area contributed by atoms with Gasteiger partial charge in [-0.3, -0.25) is 4.79 Å². The number of rotatable bonds is 9. The fourth-order valence-electron chi connectivity index (χ4n) is 3.90. The van der Waals surface area contributed by atoms with Crippen LogP contribution < -0.4 is 0 Å². The second-order valence-corrected chi connectivity index (χ2v) is 8.16. The minimum Gasteiger partial charge on any atom is -0.481 e. The third kappa shape index (κ3) is 5.09. The van der Waals surface area contributed by atoms with Crippen LogP contribution >= 0.6 is 11.6 Å². The molecule has 1 aromatic heterocycles. The van der Waals surface area contributed by atoms with Crippen LogP contribution in [0, 0.1) is 0 Å². The highest BCUT2D eigenvalue weighted by atomic mass is 35.5. The maximum absolute atomic E-state index is 10.9. The van der Waals surface area contributed by atoms with Gasteiger partial charge < -0.3 is 9.67 Å². The predicted molar refractivity (Wildman–Crippen MR) is 130 cm³/mol. The van der Waals surface area contributed by atoms with Gasteiger partial charge in [0, 0.05) is 34.7 Å². The van der Waals surface area contributed by atoms with Crippen LogP contribution in [-0.4, -0.2) is 20.6 Å². The summed E-state index contributed by atoms with van der Waals surface area (Å²) in [5, 5.41) is 9.63. The number of unbranched alkanes of at least 4 members (excludes halogenated alkanes) is 2. The Hall–Kier alpha value is -3.37. The Morgan fingerprint density at radius 1 is 0.781 bits per heavy atom. The molecule has 3 aromatic carbocycles. The van der Waals surface area contributed by atoms with Gasteiger partial charge in [0.15, 0.2) is 0 Å². The number of nitrogens with zero attached hydrogens (tertiary/aromatic N) is 2. The Morgan fingerprint density at radius 3 is 2.03 bits per heavy atom. The molecule has 4 nitrogen and oxygen atoms in total. The zero-order valence-corrected chi connectivity index (χ0v) is 18.5. The fraction of sp³-hybridized carbons (Fsp3) is 0.185. The van der Waals surface area contributed by atoms with E-state index in [4.69, 9.17) is 21.7 Å². The van der Waals surface area contributed by atoms with Crippen molar-refractivity contribution in [3.63, 3.8) is 0 Å². The van der Waals surface area contributed by atoms with Crippen molar-refractivity contribution in [3.8, 4) is 33.9 Å². The molecule has 0 amide bonds. The first kappa shape index (κ1) is 21.8. The van der Waals surface area contributed by atoms with E-state index in [0.717, 1.165) is 53.3 Å². The van der Waals surface area contributed by atoms with Crippen LogP contribution in [0.4, 0.5) is 0 Å². The molecule has 0 saturated heterocycles. The van der Waals surface area contributed by atoms with E-state index in [9.17, 15) is 4.79 Å². The highest BCUT2D eigenvalue weighted by Gasteiger charge is 2.20. The molecule has 0 aliphatic rings. The van der Waals surface area contributed by atoms with Crippen LogP contribution in [0.5, 0.6) is 0 Å². The molecule has 0 unspecified atom stereocenters. The van der Waals surface area contributed by atoms with Crippen molar-refractivity contribution < 1.29 is 9.90 Å². The minimum absolute atomic E-state index is 0.203. The summed E-state index contributed by atoms with van der Waals surface area (Å²) in [5.74, 6) is 0.142. The van der Waals surface area contributed by atoms with Crippen molar-refractivity contribution in [1.29, 1.82) is 0 Å². The van der Waals surface area contributed by atoms with Crippen LogP contribution in [0.2, 0.25) is 5.02 Å². The standard InChI is InChI=1S/C27H25ClN2O2/c28-23-17-15-22(16-18-23)27-29-25(20-10-4-1-5-11-20)26(21-12-6-2-7-13-21)30(27)19-9-3-8-14-24(31)32/h1-2,4-7,10-13,15-18H,3,8-9,14,19H2,(H,31,32). The van der Waals surface area contributed by atoms with E-state index in [1.807, 2.05) is 60.7 Å². The molecule has 0 bridgehead atoms. The number of benzene rings is 3. The molecule has 0 aliphatic heterocycles. The van der Waals surface area contributed by atoms with Crippen LogP contribution in [0.25, 0.3) is 33.9 Å². The quantitative estimate of drug-likeness (QED) is 0.278. The number of hydrogen-bond donors (Lipinski definition) is 1. The van der Waals surface area contributed by atoms with Crippen molar-refractivity contribution in [2.24, 2.45) is 0 Å². The molecule has 0 spiro atoms. The summed E-state index contributed by atoms with van der Waals surface area (Å²) in [4.78, 5) is 16.0. The maximum Gasteiger partial charge on any atom is 0.303 e. The first-order chi connectivity index (χ1) is 15.6. The molecule has 1 N–H and O–H groups in total. The molecule has 0 aliphatic carbocycles. The Morgan fingerprint density at radius 2 is 1.41 bits per heavy atom. The van der Waals surface area contributed by atoms with E-state index in [1.54, 1.807) is 0 Å². The van der Waals surface area contributed by atoms with Gasteiger partial charge >= 0.3 is 5.97 Å². The largest absolute Gasteiger partial charge is 0.481 e. The van der Waals surface area contributed by atoms with E-state index in [-0.39, 0.29) is 6.42 Å². The molecular formula is C27H25ClN2O2. The lowest BCUT2D eigenvalue weighted by Gasteiger charge is -2.13. The molecule has 5 heteroatoms. The van der Waals surface area contributed by atoms with Crippen molar-refractivity contribution in [3.05, 3.63) is 90.0 Å². The van der Waals surface area contributed by atoms with Crippen molar-refractivity contribution in [2.75, 3.05) is 0 Å². The molecule has 4 rings (SSSR count). The van der Waals surface area contributed by atoms with Gasteiger partial charge in [0.2, 0.25) is 0 Å². The van der Waals surface area contributed by atoms with E-state index in [2.05, 4.69) is 28.8 Å². The fourth-order valence-corrected chi connectivity index (χ4v) is 4.02. The summed E-state index contributed by atoms with van der Waals surface area (Å²) in [5.41, 5.74) is 5.17. The summed E-state index contributed by atoms with van der Waals surface area (Å²) in [7, 11) is 0. The number of aromatic nitrogens is 2. The average Bonchev–Trinajstić information content (AvgIpc) is 3.20. The van der Waals surface area contributed by atoms with Gasteiger partial charge in [-0.15, -0.1) is 0 Å². The summed E-state index contributed by atoms with van der Waals surface area (Å²) in [6, 6.07) is 28.3. The first-order valence-corrected chi connectivity index (χ1v) is 11.2. The summed E-state index contributed by atoms with van der Waals surface area (Å²) in [6.45, 7) is 0.752. The molecule has 0 atom stereocenters. The molecule has 0 radical (unpaired) electrons. The molecule has 4 aromatic rings. The van der Waals surface area contributed by atoms with Gasteiger partial charge in [-0.2, -0.15) is 0 Å². The number of carboxylic acids is 1. The minimum atomic E-state index is -0.745. The third-order valence-corrected chi connectivity index (χ3v) is 5.69. The smallest absolute Gasteiger partial charge is 0.303 e. The van der Waals surface area contributed by atoms with Crippen molar-refractivity contribution >= 4 is 17.6 Å². The van der Waals surface area contributed by atoms with Gasteiger partial charge in [0.1, 0.15) is 5.82 Å². The first-order valence-electron chi connectivity index (χ1n) is 10.8. The second-order valence-electron chi connectivity index (χ2n) is 7.73. The maximum atomic E-state index is 10.9. The average molecular weight is 445 g/mol. The monoisotopic (exact) mass is 444 g/mol. The number of carbonyl (C=O) groups is 1. The number of carboxylic acid groups (broad SMARTS) is 1. The highest BCUT2D eigenvalue weighted by molar-refractivity contribution is 6.30. The number of imidazole rings is 1. The van der Waals surface area contributed by atoms with Crippen LogP contribution in [0.15, 0.2) is 84.9 Å². The van der Waals surface area contributed by atoms with E-state index >= 15 is 0 Å². The lowest BCUT2D eigenvalue weighted by Crippen LogP contribution is -2.04. The second kappa shape index (κ2) is 10.3. The Bertz CT molecular complexity index is 1170. The zero-order chi connectivity index (χ0) is 22.3. The zero-order valence-electron chi connectivity index (χ0n) is 17.7. The lowest BCUT2D eigenvalue weighted by atomic mass is 10.0. The van der Waals surface area contributed by atoms with Crippen LogP contribution in [-0.2, 0) is 11.3 Å². The van der Waals surface area contributed by atoms with E-state index in [0.29, 0.717) is 11.4 Å². The van der Waals surface area contributed by atoms with Gasteiger partial charge in [0.05, 0.1) is 11.4 Å². The third-order valence-electron chi connectivity index (χ3n) is 5.44. The lowest BCUT2D eigenvalue weighted by molar-refractivity contribution is -0.137. The number of hydrogen-bond acceptors (Lipinski definition) is 2. The Kier molecular flexibility index (Phi) is 7.03. The molecule has 1 heterocycles. The summed E-state index contributed by atoms with van der Waals surface area (Å²) < 4.78 is 2.27. The van der Waals surface area contributed by atoms with Gasteiger partial charge in [-0.1, -0.05) is 78.7 Å². The van der Waals surface area contributed by atoms with Gasteiger partial charge in [-0.25, -0.2) is 4.98 Å². The molecule has 32 heavy (non-hydrogen) atoms. The Balaban J connectivity index is 1.82. The molecular weight excluding hydrogens is 420 g/mol. The molecule has 0 saturated carbocycles. The van der Waals surface area contributed by atoms with Gasteiger partial charge in [0.25, 0.3) is 0 Å². The Labute approximate surface area is 193 Å². The SMILES string of the molecule is O=C(O)CCCCCn1c(-c2ccc(Cl)cc2)nc(-c2ccccc2)c1-c1ccccc1. The van der Waals surface area contributed by atoms with Crippen molar-refractivity contribution in [2.45, 2.75) is 32.2 Å². The number of halogens is 1. The molecule has 162 valence electrons. The highest BCUT2D eigenvalue weighted by Crippen LogP contribution is 2.36. The van der Waals surface area contributed by atoms with Gasteiger partial charge in [-0.05, 0) is 37.1 Å². The summed E-state index contributed by atoms with van der Waals surface area (Å²) >= 11 is 6.14. The normalized spacial score (nSPS) is 10.9. The number of aliphatic carboxylic acids is 1. The van der Waals surface area contributed by atoms with E-state index < -0.39 is 5.97 Å². The van der Waals surface area contributed by atoms with E-state index in [1.165, 1.54) is 0 Å². The summed E-state index contributed by atoms with van der Waals surface area (Å²) in [6.07, 6.45) is 2.60.